The number of imide groups is 1. The second-order valence-corrected chi connectivity index (χ2v) is 9.11. The number of hydrogen-bond acceptors (Lipinski definition) is 6. The number of amides is 3. The van der Waals surface area contributed by atoms with E-state index in [1.165, 1.54) is 25.1 Å². The van der Waals surface area contributed by atoms with Crippen LogP contribution in [0.3, 0.4) is 0 Å². The minimum Gasteiger partial charge on any atom is -0.449 e. The van der Waals surface area contributed by atoms with E-state index in [1.807, 2.05) is 0 Å². The molecule has 0 aliphatic heterocycles. The zero-order valence-electron chi connectivity index (χ0n) is 16.3. The fourth-order valence-corrected chi connectivity index (χ4v) is 3.66. The zero-order chi connectivity index (χ0) is 20.9. The van der Waals surface area contributed by atoms with Gasteiger partial charge in [-0.05, 0) is 44.4 Å². The largest absolute Gasteiger partial charge is 0.449 e. The first-order valence-corrected chi connectivity index (χ1v) is 11.1. The summed E-state index contributed by atoms with van der Waals surface area (Å²) in [5, 5.41) is 4.92. The van der Waals surface area contributed by atoms with Gasteiger partial charge in [-0.1, -0.05) is 25.3 Å². The SMILES string of the molecule is Cc1ccc(S(C)(=O)=O)cc1C(=O)O[C@H](C)C(=O)NC(=O)NC1CCCCC1. The van der Waals surface area contributed by atoms with E-state index in [9.17, 15) is 22.8 Å². The van der Waals surface area contributed by atoms with Gasteiger partial charge in [0.1, 0.15) is 0 Å². The lowest BCUT2D eigenvalue weighted by Crippen LogP contribution is -2.48. The van der Waals surface area contributed by atoms with Crippen LogP contribution < -0.4 is 10.6 Å². The van der Waals surface area contributed by atoms with Crippen LogP contribution >= 0.6 is 0 Å². The van der Waals surface area contributed by atoms with Crippen LogP contribution in [0.1, 0.15) is 54.9 Å². The van der Waals surface area contributed by atoms with Gasteiger partial charge in [-0.2, -0.15) is 0 Å². The summed E-state index contributed by atoms with van der Waals surface area (Å²) in [6.45, 7) is 2.97. The predicted molar refractivity (Wildman–Crippen MR) is 103 cm³/mol. The molecular weight excluding hydrogens is 384 g/mol. The number of carbonyl (C=O) groups excluding carboxylic acids is 3. The summed E-state index contributed by atoms with van der Waals surface area (Å²) in [5.41, 5.74) is 0.564. The topological polar surface area (TPSA) is 119 Å². The van der Waals surface area contributed by atoms with Crippen LogP contribution in [0.25, 0.3) is 0 Å². The van der Waals surface area contributed by atoms with Crippen molar-refractivity contribution < 1.29 is 27.5 Å². The summed E-state index contributed by atoms with van der Waals surface area (Å²) in [7, 11) is -3.49. The molecule has 1 aliphatic rings. The zero-order valence-corrected chi connectivity index (χ0v) is 17.1. The summed E-state index contributed by atoms with van der Waals surface area (Å²) >= 11 is 0. The normalized spacial score (nSPS) is 16.1. The van der Waals surface area contributed by atoms with Crippen molar-refractivity contribution in [3.8, 4) is 0 Å². The van der Waals surface area contributed by atoms with E-state index in [0.29, 0.717) is 5.56 Å². The molecule has 3 amide bonds. The van der Waals surface area contributed by atoms with Crippen molar-refractivity contribution in [1.29, 1.82) is 0 Å². The number of hydrogen-bond donors (Lipinski definition) is 2. The van der Waals surface area contributed by atoms with Gasteiger partial charge in [-0.25, -0.2) is 18.0 Å². The molecule has 0 unspecified atom stereocenters. The Morgan fingerprint density at radius 3 is 2.39 bits per heavy atom. The number of sulfone groups is 1. The molecule has 1 aromatic rings. The fraction of sp³-hybridized carbons (Fsp3) is 0.526. The van der Waals surface area contributed by atoms with Gasteiger partial charge in [-0.3, -0.25) is 10.1 Å². The molecule has 0 spiro atoms. The smallest absolute Gasteiger partial charge is 0.339 e. The quantitative estimate of drug-likeness (QED) is 0.718. The first-order valence-electron chi connectivity index (χ1n) is 9.21. The van der Waals surface area contributed by atoms with Crippen LogP contribution in [0.4, 0.5) is 4.79 Å². The molecule has 0 heterocycles. The van der Waals surface area contributed by atoms with E-state index in [2.05, 4.69) is 10.6 Å². The highest BCUT2D eigenvalue weighted by Gasteiger charge is 2.24. The molecule has 0 bridgehead atoms. The van der Waals surface area contributed by atoms with E-state index in [4.69, 9.17) is 4.74 Å². The van der Waals surface area contributed by atoms with Gasteiger partial charge >= 0.3 is 12.0 Å². The molecule has 2 N–H and O–H groups in total. The Labute approximate surface area is 164 Å². The number of rotatable bonds is 5. The van der Waals surface area contributed by atoms with E-state index in [0.717, 1.165) is 38.4 Å². The highest BCUT2D eigenvalue weighted by Crippen LogP contribution is 2.18. The van der Waals surface area contributed by atoms with Gasteiger partial charge in [0, 0.05) is 12.3 Å². The van der Waals surface area contributed by atoms with Gasteiger partial charge in [0.05, 0.1) is 10.5 Å². The Balaban J connectivity index is 1.96. The number of nitrogens with one attached hydrogen (secondary N) is 2. The maximum absolute atomic E-state index is 12.4. The van der Waals surface area contributed by atoms with E-state index < -0.39 is 33.8 Å². The second kappa shape index (κ2) is 9.18. The summed E-state index contributed by atoms with van der Waals surface area (Å²) in [4.78, 5) is 36.4. The van der Waals surface area contributed by atoms with Gasteiger partial charge in [-0.15, -0.1) is 0 Å². The van der Waals surface area contributed by atoms with Crippen molar-refractivity contribution in [2.75, 3.05) is 6.26 Å². The van der Waals surface area contributed by atoms with Gasteiger partial charge < -0.3 is 10.1 Å². The minimum absolute atomic E-state index is 0.0194. The highest BCUT2D eigenvalue weighted by atomic mass is 32.2. The lowest BCUT2D eigenvalue weighted by Gasteiger charge is -2.23. The molecule has 0 saturated heterocycles. The molecule has 1 fully saturated rings. The monoisotopic (exact) mass is 410 g/mol. The summed E-state index contributed by atoms with van der Waals surface area (Å²) < 4.78 is 28.5. The first kappa shape index (κ1) is 21.9. The van der Waals surface area contributed by atoms with Crippen LogP contribution in [0, 0.1) is 6.92 Å². The Hall–Kier alpha value is -2.42. The number of benzene rings is 1. The average Bonchev–Trinajstić information content (AvgIpc) is 2.61. The van der Waals surface area contributed by atoms with Crippen molar-refractivity contribution in [3.05, 3.63) is 29.3 Å². The second-order valence-electron chi connectivity index (χ2n) is 7.09. The van der Waals surface area contributed by atoms with Crippen molar-refractivity contribution in [3.63, 3.8) is 0 Å². The van der Waals surface area contributed by atoms with E-state index in [1.54, 1.807) is 6.92 Å². The minimum atomic E-state index is -3.49. The summed E-state index contributed by atoms with van der Waals surface area (Å²) in [6, 6.07) is 3.53. The van der Waals surface area contributed by atoms with Crippen LogP contribution in [-0.2, 0) is 19.4 Å². The van der Waals surface area contributed by atoms with Gasteiger partial charge in [0.25, 0.3) is 5.91 Å². The van der Waals surface area contributed by atoms with E-state index >= 15 is 0 Å². The van der Waals surface area contributed by atoms with Crippen LogP contribution in [0.2, 0.25) is 0 Å². The molecule has 1 saturated carbocycles. The van der Waals surface area contributed by atoms with Crippen molar-refractivity contribution in [2.45, 2.75) is 63.0 Å². The van der Waals surface area contributed by atoms with Crippen LogP contribution in [0.5, 0.6) is 0 Å². The third-order valence-electron chi connectivity index (χ3n) is 4.69. The van der Waals surface area contributed by atoms with Gasteiger partial charge in [0.15, 0.2) is 15.9 Å². The molecule has 1 aromatic carbocycles. The van der Waals surface area contributed by atoms with Gasteiger partial charge in [0.2, 0.25) is 0 Å². The molecule has 0 aromatic heterocycles. The highest BCUT2D eigenvalue weighted by molar-refractivity contribution is 7.90. The third-order valence-corrected chi connectivity index (χ3v) is 5.80. The number of ether oxygens (including phenoxy) is 1. The molecule has 1 atom stereocenters. The maximum atomic E-state index is 12.4. The molecular formula is C19H26N2O6S. The molecule has 2 rings (SSSR count). The van der Waals surface area contributed by atoms with Crippen LogP contribution in [-0.4, -0.2) is 44.7 Å². The van der Waals surface area contributed by atoms with Crippen molar-refractivity contribution in [2.24, 2.45) is 0 Å². The molecule has 28 heavy (non-hydrogen) atoms. The standard InChI is InChI=1S/C19H26N2O6S/c1-12-9-10-15(28(3,25)26)11-16(12)18(23)27-13(2)17(22)21-19(24)20-14-7-5-4-6-8-14/h9-11,13-14H,4-8H2,1-3H3,(H2,20,21,22,24)/t13-/m1/s1. The summed E-state index contributed by atoms with van der Waals surface area (Å²) in [5.74, 6) is -1.59. The molecule has 154 valence electrons. The average molecular weight is 410 g/mol. The maximum Gasteiger partial charge on any atom is 0.339 e. The number of aryl methyl sites for hydroxylation is 1. The number of esters is 1. The molecule has 8 nitrogen and oxygen atoms in total. The lowest BCUT2D eigenvalue weighted by molar-refractivity contribution is -0.127. The molecule has 9 heteroatoms. The first-order chi connectivity index (χ1) is 13.1. The van der Waals surface area contributed by atoms with Crippen LogP contribution in [0.15, 0.2) is 23.1 Å². The third kappa shape index (κ3) is 6.05. The lowest BCUT2D eigenvalue weighted by atomic mass is 9.96. The Morgan fingerprint density at radius 2 is 1.79 bits per heavy atom. The Bertz CT molecular complexity index is 859. The Kier molecular flexibility index (Phi) is 7.17. The Morgan fingerprint density at radius 1 is 1.14 bits per heavy atom. The van der Waals surface area contributed by atoms with Crippen molar-refractivity contribution >= 4 is 27.7 Å². The molecule has 1 aliphatic carbocycles. The number of urea groups is 1. The molecule has 0 radical (unpaired) electrons. The fourth-order valence-electron chi connectivity index (χ4n) is 3.01. The number of carbonyl (C=O) groups is 3. The predicted octanol–water partition coefficient (Wildman–Crippen LogP) is 2.10. The van der Waals surface area contributed by atoms with Crippen molar-refractivity contribution in [1.82, 2.24) is 10.6 Å². The van der Waals surface area contributed by atoms with E-state index in [-0.39, 0.29) is 16.5 Å². The summed E-state index contributed by atoms with van der Waals surface area (Å²) in [6.07, 6.45) is 4.80.